The van der Waals surface area contributed by atoms with Crippen LogP contribution in [0.3, 0.4) is 0 Å². The summed E-state index contributed by atoms with van der Waals surface area (Å²) in [6.45, 7) is 7.93. The second kappa shape index (κ2) is 11.0. The second-order valence-corrected chi connectivity index (χ2v) is 4.61. The molecule has 0 bridgehead atoms. The zero-order valence-corrected chi connectivity index (χ0v) is 11.2. The molecule has 1 aliphatic heterocycles. The van der Waals surface area contributed by atoms with Gasteiger partial charge in [-0.05, 0) is 25.9 Å². The lowest BCUT2D eigenvalue weighted by molar-refractivity contribution is 0.0718. The second-order valence-electron chi connectivity index (χ2n) is 4.61. The number of hydrogen-bond donors (Lipinski definition) is 1. The van der Waals surface area contributed by atoms with Crippen LogP contribution in [0.25, 0.3) is 0 Å². The van der Waals surface area contributed by atoms with Crippen molar-refractivity contribution >= 4 is 0 Å². The largest absolute Gasteiger partial charge is 0.382 e. The molecule has 0 aromatic rings. The fraction of sp³-hybridized carbons (Fsp3) is 1.00. The number of hydrogen-bond acceptors (Lipinski definition) is 4. The molecule has 102 valence electrons. The average Bonchev–Trinajstić information content (AvgIpc) is 2.61. The van der Waals surface area contributed by atoms with Gasteiger partial charge < -0.3 is 19.7 Å². The molecule has 1 saturated heterocycles. The standard InChI is InChI=1S/C13H28N2O2/c1-16-12-13-17-11-7-14-6-10-15-8-4-2-3-5-9-15/h14H,2-13H2,1H3. The highest BCUT2D eigenvalue weighted by molar-refractivity contribution is 4.64. The lowest BCUT2D eigenvalue weighted by atomic mass is 10.2. The molecule has 1 aliphatic rings. The Morgan fingerprint density at radius 2 is 1.71 bits per heavy atom. The van der Waals surface area contributed by atoms with Crippen molar-refractivity contribution in [3.8, 4) is 0 Å². The molecule has 1 rings (SSSR count). The number of methoxy groups -OCH3 is 1. The van der Waals surface area contributed by atoms with E-state index in [1.807, 2.05) is 0 Å². The van der Waals surface area contributed by atoms with Crippen LogP contribution in [0.1, 0.15) is 25.7 Å². The summed E-state index contributed by atoms with van der Waals surface area (Å²) in [6, 6.07) is 0. The van der Waals surface area contributed by atoms with Crippen LogP contribution in [0.15, 0.2) is 0 Å². The molecule has 1 fully saturated rings. The average molecular weight is 244 g/mol. The molecule has 4 nitrogen and oxygen atoms in total. The van der Waals surface area contributed by atoms with Crippen LogP contribution in [0, 0.1) is 0 Å². The molecule has 4 heteroatoms. The lowest BCUT2D eigenvalue weighted by Crippen LogP contribution is -2.34. The highest BCUT2D eigenvalue weighted by Gasteiger charge is 2.07. The summed E-state index contributed by atoms with van der Waals surface area (Å²) in [6.07, 6.45) is 5.58. The predicted octanol–water partition coefficient (Wildman–Crippen LogP) is 1.12. The van der Waals surface area contributed by atoms with Gasteiger partial charge in [-0.15, -0.1) is 0 Å². The van der Waals surface area contributed by atoms with Crippen molar-refractivity contribution in [1.29, 1.82) is 0 Å². The first kappa shape index (κ1) is 14.9. The Bertz CT molecular complexity index is 159. The van der Waals surface area contributed by atoms with E-state index in [1.165, 1.54) is 45.3 Å². The smallest absolute Gasteiger partial charge is 0.0700 e. The zero-order chi connectivity index (χ0) is 12.2. The molecule has 0 saturated carbocycles. The molecular weight excluding hydrogens is 216 g/mol. The van der Waals surface area contributed by atoms with E-state index in [-0.39, 0.29) is 0 Å². The van der Waals surface area contributed by atoms with E-state index >= 15 is 0 Å². The van der Waals surface area contributed by atoms with Crippen molar-refractivity contribution in [1.82, 2.24) is 10.2 Å². The Hall–Kier alpha value is -0.160. The van der Waals surface area contributed by atoms with Gasteiger partial charge in [0.25, 0.3) is 0 Å². The quantitative estimate of drug-likeness (QED) is 0.616. The number of nitrogens with one attached hydrogen (secondary N) is 1. The highest BCUT2D eigenvalue weighted by atomic mass is 16.5. The highest BCUT2D eigenvalue weighted by Crippen LogP contribution is 2.08. The van der Waals surface area contributed by atoms with Gasteiger partial charge >= 0.3 is 0 Å². The molecule has 0 aliphatic carbocycles. The minimum atomic E-state index is 0.688. The molecule has 1 N–H and O–H groups in total. The molecule has 0 radical (unpaired) electrons. The van der Waals surface area contributed by atoms with Gasteiger partial charge in [-0.1, -0.05) is 12.8 Å². The molecule has 0 unspecified atom stereocenters. The Morgan fingerprint density at radius 3 is 2.41 bits per heavy atom. The minimum Gasteiger partial charge on any atom is -0.382 e. The van der Waals surface area contributed by atoms with E-state index in [4.69, 9.17) is 9.47 Å². The first-order chi connectivity index (χ1) is 8.43. The maximum Gasteiger partial charge on any atom is 0.0700 e. The minimum absolute atomic E-state index is 0.688. The third-order valence-electron chi connectivity index (χ3n) is 3.16. The normalized spacial score (nSPS) is 18.2. The van der Waals surface area contributed by atoms with Crippen LogP contribution in [-0.2, 0) is 9.47 Å². The molecule has 17 heavy (non-hydrogen) atoms. The van der Waals surface area contributed by atoms with Gasteiger partial charge in [-0.2, -0.15) is 0 Å². The Balaban J connectivity index is 1.82. The van der Waals surface area contributed by atoms with Gasteiger partial charge in [0.15, 0.2) is 0 Å². The maximum absolute atomic E-state index is 5.38. The summed E-state index contributed by atoms with van der Waals surface area (Å²) in [7, 11) is 1.70. The van der Waals surface area contributed by atoms with Gasteiger partial charge in [0.05, 0.1) is 19.8 Å². The van der Waals surface area contributed by atoms with Crippen molar-refractivity contribution < 1.29 is 9.47 Å². The van der Waals surface area contributed by atoms with Crippen molar-refractivity contribution in [2.75, 3.05) is 59.7 Å². The lowest BCUT2D eigenvalue weighted by Gasteiger charge is -2.19. The molecule has 0 spiro atoms. The molecule has 0 aromatic carbocycles. The van der Waals surface area contributed by atoms with E-state index in [2.05, 4.69) is 10.2 Å². The van der Waals surface area contributed by atoms with Crippen molar-refractivity contribution in [3.05, 3.63) is 0 Å². The summed E-state index contributed by atoms with van der Waals surface area (Å²) in [4.78, 5) is 2.58. The van der Waals surface area contributed by atoms with Gasteiger partial charge in [0.2, 0.25) is 0 Å². The predicted molar refractivity (Wildman–Crippen MR) is 70.5 cm³/mol. The third kappa shape index (κ3) is 8.55. The van der Waals surface area contributed by atoms with Gasteiger partial charge in [-0.3, -0.25) is 0 Å². The summed E-state index contributed by atoms with van der Waals surface area (Å²) < 4.78 is 10.3. The Morgan fingerprint density at radius 1 is 0.941 bits per heavy atom. The van der Waals surface area contributed by atoms with Crippen LogP contribution >= 0.6 is 0 Å². The fourth-order valence-electron chi connectivity index (χ4n) is 2.11. The number of ether oxygens (including phenoxy) is 2. The summed E-state index contributed by atoms with van der Waals surface area (Å²) in [5, 5.41) is 3.42. The van der Waals surface area contributed by atoms with Crippen LogP contribution in [0.2, 0.25) is 0 Å². The molecule has 0 atom stereocenters. The molecule has 0 amide bonds. The van der Waals surface area contributed by atoms with Gasteiger partial charge in [0.1, 0.15) is 0 Å². The number of likely N-dealkylation sites (tertiary alicyclic amines) is 1. The van der Waals surface area contributed by atoms with E-state index < -0.39 is 0 Å². The monoisotopic (exact) mass is 244 g/mol. The number of rotatable bonds is 9. The van der Waals surface area contributed by atoms with Crippen molar-refractivity contribution in [2.45, 2.75) is 25.7 Å². The van der Waals surface area contributed by atoms with E-state index in [1.54, 1.807) is 7.11 Å². The van der Waals surface area contributed by atoms with Gasteiger partial charge in [0, 0.05) is 26.7 Å². The van der Waals surface area contributed by atoms with Crippen LogP contribution in [-0.4, -0.2) is 64.6 Å². The van der Waals surface area contributed by atoms with E-state index in [0.717, 1.165) is 19.7 Å². The van der Waals surface area contributed by atoms with E-state index in [9.17, 15) is 0 Å². The Kier molecular flexibility index (Phi) is 9.61. The SMILES string of the molecule is COCCOCCNCCN1CCCCCC1. The van der Waals surface area contributed by atoms with Crippen LogP contribution in [0.5, 0.6) is 0 Å². The van der Waals surface area contributed by atoms with Crippen LogP contribution < -0.4 is 5.32 Å². The first-order valence-corrected chi connectivity index (χ1v) is 6.93. The summed E-state index contributed by atoms with van der Waals surface area (Å²) >= 11 is 0. The van der Waals surface area contributed by atoms with Crippen LogP contribution in [0.4, 0.5) is 0 Å². The zero-order valence-electron chi connectivity index (χ0n) is 11.2. The third-order valence-corrected chi connectivity index (χ3v) is 3.16. The molecular formula is C13H28N2O2. The number of nitrogens with zero attached hydrogens (tertiary/aromatic N) is 1. The Labute approximate surface area is 106 Å². The van der Waals surface area contributed by atoms with E-state index in [0.29, 0.717) is 13.2 Å². The van der Waals surface area contributed by atoms with Crippen molar-refractivity contribution in [3.63, 3.8) is 0 Å². The summed E-state index contributed by atoms with van der Waals surface area (Å²) in [5.74, 6) is 0. The molecule has 0 aromatic heterocycles. The molecule has 1 heterocycles. The first-order valence-electron chi connectivity index (χ1n) is 6.93. The topological polar surface area (TPSA) is 33.7 Å². The maximum atomic E-state index is 5.38. The fourth-order valence-corrected chi connectivity index (χ4v) is 2.11. The summed E-state index contributed by atoms with van der Waals surface area (Å²) in [5.41, 5.74) is 0. The van der Waals surface area contributed by atoms with Gasteiger partial charge in [-0.25, -0.2) is 0 Å². The van der Waals surface area contributed by atoms with Crippen molar-refractivity contribution in [2.24, 2.45) is 0 Å².